The smallest absolute Gasteiger partial charge is 0.393 e. The molecule has 2 aromatic rings. The molecule has 4 atom stereocenters. The van der Waals surface area contributed by atoms with Gasteiger partial charge in [0.1, 0.15) is 6.54 Å². The number of nitrogens with one attached hydrogen (secondary N) is 1. The van der Waals surface area contributed by atoms with Crippen molar-refractivity contribution in [3.8, 4) is 0 Å². The van der Waals surface area contributed by atoms with Gasteiger partial charge < -0.3 is 15.2 Å². The molecule has 2 aliphatic rings. The standard InChI is InChI=1S/C28H31F6N3O3/c1-18(38)13-25(37-17-35-14-24(37)39)8-9-26(36-15-25,21-6-4-3-5-7-21)16-40-19(2)20-10-22(27(29,30)31)12-23(11-20)28(32,33)34/h3-7,10-12,17-19,36,38H,8-9,13-16H2,1-2H3/t18-,19-,25-,26-/m1/s1. The number of halogens is 6. The van der Waals surface area contributed by atoms with Crippen LogP contribution in [-0.2, 0) is 27.4 Å². The van der Waals surface area contributed by atoms with E-state index < -0.39 is 46.8 Å². The van der Waals surface area contributed by atoms with Crippen molar-refractivity contribution in [1.82, 2.24) is 10.2 Å². The van der Waals surface area contributed by atoms with E-state index in [4.69, 9.17) is 4.74 Å². The highest BCUT2D eigenvalue weighted by Gasteiger charge is 2.49. The topological polar surface area (TPSA) is 74.2 Å². The predicted molar refractivity (Wildman–Crippen MR) is 135 cm³/mol. The van der Waals surface area contributed by atoms with Gasteiger partial charge in [0.25, 0.3) is 0 Å². The summed E-state index contributed by atoms with van der Waals surface area (Å²) in [4.78, 5) is 18.2. The highest BCUT2D eigenvalue weighted by atomic mass is 19.4. The Morgan fingerprint density at radius 2 is 1.65 bits per heavy atom. The van der Waals surface area contributed by atoms with Crippen LogP contribution in [0.3, 0.4) is 0 Å². The first-order valence-corrected chi connectivity index (χ1v) is 12.9. The number of hydrogen-bond acceptors (Lipinski definition) is 5. The van der Waals surface area contributed by atoms with Crippen LogP contribution in [0.1, 0.15) is 61.5 Å². The number of aliphatic imine (C=N–C) groups is 1. The molecule has 4 rings (SSSR count). The van der Waals surface area contributed by atoms with Gasteiger partial charge >= 0.3 is 12.4 Å². The number of benzene rings is 2. The zero-order chi connectivity index (χ0) is 29.3. The lowest BCUT2D eigenvalue weighted by atomic mass is 9.73. The van der Waals surface area contributed by atoms with Gasteiger partial charge in [-0.05, 0) is 62.4 Å². The summed E-state index contributed by atoms with van der Waals surface area (Å²) in [5.41, 5.74) is -3.86. The molecule has 2 aromatic carbocycles. The number of hydrogen-bond donors (Lipinski definition) is 2. The zero-order valence-electron chi connectivity index (χ0n) is 22.0. The molecule has 2 N–H and O–H groups in total. The van der Waals surface area contributed by atoms with Crippen LogP contribution in [0.2, 0.25) is 0 Å². The van der Waals surface area contributed by atoms with Crippen LogP contribution < -0.4 is 5.32 Å². The van der Waals surface area contributed by atoms with E-state index in [0.29, 0.717) is 25.0 Å². The van der Waals surface area contributed by atoms with Crippen molar-refractivity contribution in [2.24, 2.45) is 4.99 Å². The highest BCUT2D eigenvalue weighted by molar-refractivity contribution is 5.95. The van der Waals surface area contributed by atoms with E-state index in [2.05, 4.69) is 10.3 Å². The zero-order valence-corrected chi connectivity index (χ0v) is 22.0. The van der Waals surface area contributed by atoms with Gasteiger partial charge in [0.15, 0.2) is 0 Å². The van der Waals surface area contributed by atoms with Crippen molar-refractivity contribution >= 4 is 12.2 Å². The third-order valence-corrected chi connectivity index (χ3v) is 7.64. The van der Waals surface area contributed by atoms with Crippen molar-refractivity contribution in [3.63, 3.8) is 0 Å². The van der Waals surface area contributed by atoms with Crippen LogP contribution >= 0.6 is 0 Å². The highest BCUT2D eigenvalue weighted by Crippen LogP contribution is 2.42. The van der Waals surface area contributed by atoms with E-state index in [-0.39, 0.29) is 43.7 Å². The number of alkyl halides is 6. The van der Waals surface area contributed by atoms with Crippen molar-refractivity contribution in [2.75, 3.05) is 19.7 Å². The Bertz CT molecular complexity index is 1190. The number of piperidine rings is 1. The first-order valence-electron chi connectivity index (χ1n) is 12.9. The summed E-state index contributed by atoms with van der Waals surface area (Å²) in [6, 6.07) is 10.6. The molecule has 1 fully saturated rings. The number of aliphatic hydroxyl groups excluding tert-OH is 1. The molecule has 0 saturated carbocycles. The van der Waals surface area contributed by atoms with Crippen LogP contribution in [-0.4, -0.2) is 53.6 Å². The van der Waals surface area contributed by atoms with E-state index in [1.54, 1.807) is 11.8 Å². The molecule has 0 spiro atoms. The maximum atomic E-state index is 13.4. The predicted octanol–water partition coefficient (Wildman–Crippen LogP) is 5.46. The molecule has 2 aliphatic heterocycles. The Labute approximate surface area is 228 Å². The van der Waals surface area contributed by atoms with Crippen molar-refractivity contribution in [3.05, 3.63) is 70.8 Å². The molecular formula is C28H31F6N3O3. The first kappa shape index (κ1) is 30.0. The number of nitrogens with zero attached hydrogens (tertiary/aromatic N) is 2. The summed E-state index contributed by atoms with van der Waals surface area (Å²) in [5.74, 6) is -0.190. The fourth-order valence-corrected chi connectivity index (χ4v) is 5.50. The van der Waals surface area contributed by atoms with E-state index in [0.717, 1.165) is 5.56 Å². The minimum absolute atomic E-state index is 0.0168. The monoisotopic (exact) mass is 571 g/mol. The van der Waals surface area contributed by atoms with Crippen molar-refractivity contribution in [2.45, 2.75) is 68.7 Å². The van der Waals surface area contributed by atoms with E-state index >= 15 is 0 Å². The quantitative estimate of drug-likeness (QED) is 0.413. The lowest BCUT2D eigenvalue weighted by Crippen LogP contribution is -2.65. The van der Waals surface area contributed by atoms with Gasteiger partial charge in [0, 0.05) is 6.54 Å². The second kappa shape index (κ2) is 11.1. The number of carbonyl (C=O) groups is 1. The Kier molecular flexibility index (Phi) is 8.35. The van der Waals surface area contributed by atoms with Gasteiger partial charge in [0.2, 0.25) is 5.91 Å². The molecule has 40 heavy (non-hydrogen) atoms. The Balaban J connectivity index is 1.62. The molecule has 0 aromatic heterocycles. The van der Waals surface area contributed by atoms with Crippen LogP contribution in [0.5, 0.6) is 0 Å². The molecule has 2 heterocycles. The van der Waals surface area contributed by atoms with E-state index in [1.165, 1.54) is 13.3 Å². The number of rotatable bonds is 8. The van der Waals surface area contributed by atoms with Gasteiger partial charge in [-0.15, -0.1) is 0 Å². The van der Waals surface area contributed by atoms with Crippen LogP contribution in [0.15, 0.2) is 53.5 Å². The van der Waals surface area contributed by atoms with Gasteiger partial charge in [-0.1, -0.05) is 30.3 Å². The fraction of sp³-hybridized carbons (Fsp3) is 0.500. The van der Waals surface area contributed by atoms with E-state index in [1.807, 2.05) is 30.3 Å². The van der Waals surface area contributed by atoms with Gasteiger partial charge in [0.05, 0.1) is 47.4 Å². The third-order valence-electron chi connectivity index (χ3n) is 7.64. The summed E-state index contributed by atoms with van der Waals surface area (Å²) >= 11 is 0. The Hall–Kier alpha value is -2.96. The molecule has 0 bridgehead atoms. The second-order valence-corrected chi connectivity index (χ2v) is 10.6. The lowest BCUT2D eigenvalue weighted by molar-refractivity contribution is -0.143. The minimum Gasteiger partial charge on any atom is -0.393 e. The summed E-state index contributed by atoms with van der Waals surface area (Å²) in [6.07, 6.45) is -9.13. The largest absolute Gasteiger partial charge is 0.416 e. The van der Waals surface area contributed by atoms with Crippen LogP contribution in [0.4, 0.5) is 26.3 Å². The number of ether oxygens (including phenoxy) is 1. The average molecular weight is 572 g/mol. The average Bonchev–Trinajstić information content (AvgIpc) is 3.33. The van der Waals surface area contributed by atoms with Crippen molar-refractivity contribution in [1.29, 1.82) is 0 Å². The van der Waals surface area contributed by atoms with Gasteiger partial charge in [-0.2, -0.15) is 26.3 Å². The van der Waals surface area contributed by atoms with Gasteiger partial charge in [-0.3, -0.25) is 14.7 Å². The lowest BCUT2D eigenvalue weighted by Gasteiger charge is -2.51. The molecule has 12 heteroatoms. The summed E-state index contributed by atoms with van der Waals surface area (Å²) in [5, 5.41) is 13.7. The maximum absolute atomic E-state index is 13.4. The molecule has 218 valence electrons. The number of carbonyl (C=O) groups excluding carboxylic acids is 1. The number of amides is 1. The summed E-state index contributed by atoms with van der Waals surface area (Å²) in [7, 11) is 0. The minimum atomic E-state index is -4.96. The normalized spacial score (nSPS) is 25.3. The number of aliphatic hydroxyl groups is 1. The molecule has 6 nitrogen and oxygen atoms in total. The van der Waals surface area contributed by atoms with Gasteiger partial charge in [-0.25, -0.2) is 0 Å². The third kappa shape index (κ3) is 6.34. The molecule has 0 radical (unpaired) electrons. The molecule has 0 aliphatic carbocycles. The first-order chi connectivity index (χ1) is 18.7. The Morgan fingerprint density at radius 3 is 2.12 bits per heavy atom. The Morgan fingerprint density at radius 1 is 1.02 bits per heavy atom. The second-order valence-electron chi connectivity index (χ2n) is 10.6. The molecular weight excluding hydrogens is 540 g/mol. The van der Waals surface area contributed by atoms with Crippen molar-refractivity contribution < 1.29 is 41.0 Å². The summed E-state index contributed by atoms with van der Waals surface area (Å²) in [6.45, 7) is 3.25. The fourth-order valence-electron chi connectivity index (χ4n) is 5.50. The SMILES string of the molecule is C[C@@H](O)C[C@]1(N2C=NCC2=O)CC[C@@](CO[C@H](C)c2cc(C(F)(F)F)cc(C(F)(F)F)c2)(c2ccccc2)NC1. The van der Waals surface area contributed by atoms with E-state index in [9.17, 15) is 36.2 Å². The van der Waals surface area contributed by atoms with Crippen LogP contribution in [0.25, 0.3) is 0 Å². The molecule has 1 amide bonds. The molecule has 0 unspecified atom stereocenters. The summed E-state index contributed by atoms with van der Waals surface area (Å²) < 4.78 is 86.4. The van der Waals surface area contributed by atoms with Crippen LogP contribution in [0, 0.1) is 0 Å². The maximum Gasteiger partial charge on any atom is 0.416 e. The molecule has 1 saturated heterocycles.